The molecule has 1 aromatic heterocycles. The Labute approximate surface area is 104 Å². The molecule has 0 aliphatic heterocycles. The van der Waals surface area contributed by atoms with Gasteiger partial charge in [0.25, 0.3) is 0 Å². The second-order valence-electron chi connectivity index (χ2n) is 3.78. The number of rotatable bonds is 4. The van der Waals surface area contributed by atoms with Gasteiger partial charge in [0.15, 0.2) is 0 Å². The van der Waals surface area contributed by atoms with E-state index in [4.69, 9.17) is 9.84 Å². The van der Waals surface area contributed by atoms with Crippen LogP contribution >= 0.6 is 12.8 Å². The fraction of sp³-hybridized carbons (Fsp3) is 0.250. The van der Waals surface area contributed by atoms with Crippen LogP contribution in [-0.2, 0) is 11.2 Å². The Morgan fingerprint density at radius 1 is 1.53 bits per heavy atom. The summed E-state index contributed by atoms with van der Waals surface area (Å²) in [5.41, 5.74) is 1.92. The monoisotopic (exact) mass is 251 g/mol. The minimum absolute atomic E-state index is 0.115. The molecule has 2 aromatic rings. The summed E-state index contributed by atoms with van der Waals surface area (Å²) in [7, 11) is 1.61. The van der Waals surface area contributed by atoms with Crippen LogP contribution in [0.2, 0.25) is 0 Å². The highest BCUT2D eigenvalue weighted by Crippen LogP contribution is 2.27. The Hall–Kier alpha value is -1.62. The molecule has 0 fully saturated rings. The van der Waals surface area contributed by atoms with Gasteiger partial charge in [0.05, 0.1) is 12.6 Å². The minimum atomic E-state index is -0.798. The number of carbonyl (C=O) groups is 1. The second-order valence-corrected chi connectivity index (χ2v) is 4.21. The molecule has 0 amide bonds. The molecule has 0 bridgehead atoms. The summed E-state index contributed by atoms with van der Waals surface area (Å²) in [6, 6.07) is 5.67. The summed E-state index contributed by atoms with van der Waals surface area (Å²) in [6.45, 7) is 0. The van der Waals surface area contributed by atoms with Crippen molar-refractivity contribution >= 4 is 29.7 Å². The number of carboxylic acid groups (broad SMARTS) is 1. The van der Waals surface area contributed by atoms with Crippen LogP contribution in [-0.4, -0.2) is 22.2 Å². The van der Waals surface area contributed by atoms with E-state index in [9.17, 15) is 4.79 Å². The van der Waals surface area contributed by atoms with Gasteiger partial charge >= 0.3 is 5.97 Å². The quantitative estimate of drug-likeness (QED) is 0.820. The average Bonchev–Trinajstić information content (AvgIpc) is 2.63. The molecule has 0 saturated heterocycles. The van der Waals surface area contributed by atoms with E-state index in [2.05, 4.69) is 12.8 Å². The van der Waals surface area contributed by atoms with E-state index in [0.29, 0.717) is 6.42 Å². The number of nitrogens with zero attached hydrogens (tertiary/aromatic N) is 1. The van der Waals surface area contributed by atoms with Gasteiger partial charge in [-0.1, -0.05) is 12.8 Å². The number of ether oxygens (including phenoxy) is 1. The largest absolute Gasteiger partial charge is 0.497 e. The normalized spacial score (nSPS) is 10.7. The maximum atomic E-state index is 10.6. The van der Waals surface area contributed by atoms with Gasteiger partial charge in [-0.05, 0) is 30.2 Å². The van der Waals surface area contributed by atoms with E-state index in [1.54, 1.807) is 11.1 Å². The number of aliphatic carboxylic acids is 1. The molecular formula is C12H13NO3S. The molecule has 0 radical (unpaired) electrons. The molecule has 1 heterocycles. The minimum Gasteiger partial charge on any atom is -0.497 e. The lowest BCUT2D eigenvalue weighted by Gasteiger charge is -2.01. The highest BCUT2D eigenvalue weighted by Gasteiger charge is 2.09. The third-order valence-corrected chi connectivity index (χ3v) is 3.01. The molecule has 4 nitrogen and oxygen atoms in total. The van der Waals surface area contributed by atoms with Crippen molar-refractivity contribution in [1.82, 2.24) is 3.97 Å². The molecule has 1 N–H and O–H groups in total. The van der Waals surface area contributed by atoms with E-state index < -0.39 is 5.97 Å². The molecule has 1 aromatic carbocycles. The van der Waals surface area contributed by atoms with Gasteiger partial charge in [-0.25, -0.2) is 0 Å². The Morgan fingerprint density at radius 3 is 2.94 bits per heavy atom. The molecular weight excluding hydrogens is 238 g/mol. The molecule has 2 rings (SSSR count). The van der Waals surface area contributed by atoms with Gasteiger partial charge < -0.3 is 9.84 Å². The predicted molar refractivity (Wildman–Crippen MR) is 68.8 cm³/mol. The molecule has 0 aliphatic rings. The van der Waals surface area contributed by atoms with Crippen molar-refractivity contribution in [3.05, 3.63) is 30.0 Å². The third-order valence-electron chi connectivity index (χ3n) is 2.68. The van der Waals surface area contributed by atoms with Crippen LogP contribution in [0.5, 0.6) is 5.75 Å². The highest BCUT2D eigenvalue weighted by molar-refractivity contribution is 7.78. The number of thiol groups is 1. The van der Waals surface area contributed by atoms with E-state index in [1.165, 1.54) is 0 Å². The van der Waals surface area contributed by atoms with Crippen molar-refractivity contribution in [3.8, 4) is 5.75 Å². The summed E-state index contributed by atoms with van der Waals surface area (Å²) in [5, 5.41) is 9.69. The van der Waals surface area contributed by atoms with Crippen molar-refractivity contribution in [2.45, 2.75) is 12.8 Å². The lowest BCUT2D eigenvalue weighted by Crippen LogP contribution is -1.96. The first kappa shape index (κ1) is 11.9. The summed E-state index contributed by atoms with van der Waals surface area (Å²) >= 11 is 4.31. The molecule has 0 aliphatic carbocycles. The number of aromatic nitrogens is 1. The number of carboxylic acids is 1. The zero-order valence-electron chi connectivity index (χ0n) is 9.38. The third kappa shape index (κ3) is 2.39. The van der Waals surface area contributed by atoms with Crippen molar-refractivity contribution in [2.75, 3.05) is 7.11 Å². The molecule has 0 atom stereocenters. The fourth-order valence-electron chi connectivity index (χ4n) is 1.83. The predicted octanol–water partition coefficient (Wildman–Crippen LogP) is 2.36. The Kier molecular flexibility index (Phi) is 3.28. The number of hydrogen-bond donors (Lipinski definition) is 2. The average molecular weight is 251 g/mol. The maximum Gasteiger partial charge on any atom is 0.303 e. The van der Waals surface area contributed by atoms with Gasteiger partial charge in [-0.3, -0.25) is 8.77 Å². The van der Waals surface area contributed by atoms with E-state index in [0.717, 1.165) is 22.2 Å². The first-order valence-electron chi connectivity index (χ1n) is 5.21. The molecule has 0 spiro atoms. The summed E-state index contributed by atoms with van der Waals surface area (Å²) in [5.74, 6) is -0.0402. The first-order valence-corrected chi connectivity index (χ1v) is 5.61. The summed E-state index contributed by atoms with van der Waals surface area (Å²) in [4.78, 5) is 10.6. The second kappa shape index (κ2) is 4.71. The Bertz CT molecular complexity index is 562. The number of hydrogen-bond acceptors (Lipinski definition) is 3. The number of benzene rings is 1. The van der Waals surface area contributed by atoms with E-state index in [1.807, 2.05) is 24.4 Å². The van der Waals surface area contributed by atoms with Gasteiger partial charge in [0.1, 0.15) is 5.75 Å². The highest BCUT2D eigenvalue weighted by atomic mass is 32.1. The van der Waals surface area contributed by atoms with Gasteiger partial charge in [-0.2, -0.15) is 0 Å². The molecule has 17 heavy (non-hydrogen) atoms. The van der Waals surface area contributed by atoms with Crippen molar-refractivity contribution in [1.29, 1.82) is 0 Å². The lowest BCUT2D eigenvalue weighted by atomic mass is 10.1. The van der Waals surface area contributed by atoms with Crippen molar-refractivity contribution in [3.63, 3.8) is 0 Å². The molecule has 0 unspecified atom stereocenters. The maximum absolute atomic E-state index is 10.6. The first-order chi connectivity index (χ1) is 8.11. The van der Waals surface area contributed by atoms with Crippen LogP contribution in [0, 0.1) is 0 Å². The van der Waals surface area contributed by atoms with Gasteiger partial charge in [-0.15, -0.1) is 0 Å². The van der Waals surface area contributed by atoms with Crippen molar-refractivity contribution in [2.24, 2.45) is 0 Å². The summed E-state index contributed by atoms with van der Waals surface area (Å²) < 4.78 is 6.86. The Balaban J connectivity index is 2.43. The van der Waals surface area contributed by atoms with E-state index >= 15 is 0 Å². The topological polar surface area (TPSA) is 51.5 Å². The standard InChI is InChI=1S/C12H13NO3S/c1-16-9-3-4-11-10(6-9)8(7-13(11)17)2-5-12(14)15/h3-4,6-7,17H,2,5H2,1H3,(H,14,15). The summed E-state index contributed by atoms with van der Waals surface area (Å²) in [6.07, 6.45) is 2.45. The zero-order valence-corrected chi connectivity index (χ0v) is 10.3. The Morgan fingerprint density at radius 2 is 2.29 bits per heavy atom. The molecule has 90 valence electrons. The van der Waals surface area contributed by atoms with Crippen LogP contribution in [0.1, 0.15) is 12.0 Å². The van der Waals surface area contributed by atoms with Crippen LogP contribution in [0.25, 0.3) is 10.9 Å². The number of methoxy groups -OCH3 is 1. The van der Waals surface area contributed by atoms with Crippen LogP contribution in [0.15, 0.2) is 24.4 Å². The van der Waals surface area contributed by atoms with E-state index in [-0.39, 0.29) is 6.42 Å². The smallest absolute Gasteiger partial charge is 0.303 e. The molecule has 5 heteroatoms. The van der Waals surface area contributed by atoms with Crippen LogP contribution in [0.3, 0.4) is 0 Å². The van der Waals surface area contributed by atoms with Crippen LogP contribution < -0.4 is 4.74 Å². The number of fused-ring (bicyclic) bond motifs is 1. The van der Waals surface area contributed by atoms with Crippen molar-refractivity contribution < 1.29 is 14.6 Å². The van der Waals surface area contributed by atoms with Gasteiger partial charge in [0, 0.05) is 18.0 Å². The lowest BCUT2D eigenvalue weighted by molar-refractivity contribution is -0.136. The SMILES string of the molecule is COc1ccc2c(c1)c(CCC(=O)O)cn2S. The van der Waals surface area contributed by atoms with Gasteiger partial charge in [0.2, 0.25) is 0 Å². The fourth-order valence-corrected chi connectivity index (χ4v) is 2.14. The van der Waals surface area contributed by atoms with Crippen LogP contribution in [0.4, 0.5) is 0 Å². The molecule has 0 saturated carbocycles. The number of aryl methyl sites for hydroxylation is 1. The zero-order chi connectivity index (χ0) is 12.4.